The van der Waals surface area contributed by atoms with Crippen LogP contribution in [0.2, 0.25) is 0 Å². The minimum Gasteiger partial charge on any atom is -0.476 e. The molecule has 0 saturated heterocycles. The summed E-state index contributed by atoms with van der Waals surface area (Å²) >= 11 is 0. The van der Waals surface area contributed by atoms with Crippen molar-refractivity contribution in [1.29, 1.82) is 0 Å². The lowest BCUT2D eigenvalue weighted by atomic mass is 10.0. The fourth-order valence-corrected chi connectivity index (χ4v) is 1.74. The van der Waals surface area contributed by atoms with E-state index in [0.717, 1.165) is 17.7 Å². The SMILES string of the molecule is CN(C)Cc1ccccc1-c1cc(C(=O)O)no1. The highest BCUT2D eigenvalue weighted by molar-refractivity contribution is 5.86. The molecule has 0 atom stereocenters. The van der Waals surface area contributed by atoms with Crippen molar-refractivity contribution in [2.75, 3.05) is 14.1 Å². The maximum atomic E-state index is 10.8. The van der Waals surface area contributed by atoms with Gasteiger partial charge in [-0.25, -0.2) is 4.79 Å². The first kappa shape index (κ1) is 12.3. The Morgan fingerprint density at radius 3 is 2.72 bits per heavy atom. The van der Waals surface area contributed by atoms with Gasteiger partial charge in [0.25, 0.3) is 0 Å². The van der Waals surface area contributed by atoms with Crippen LogP contribution in [0.1, 0.15) is 16.1 Å². The summed E-state index contributed by atoms with van der Waals surface area (Å²) < 4.78 is 5.08. The van der Waals surface area contributed by atoms with Crippen LogP contribution in [0, 0.1) is 0 Å². The molecule has 0 aliphatic heterocycles. The van der Waals surface area contributed by atoms with E-state index in [9.17, 15) is 4.79 Å². The molecule has 5 nitrogen and oxygen atoms in total. The summed E-state index contributed by atoms with van der Waals surface area (Å²) in [5.41, 5.74) is 1.85. The average Bonchev–Trinajstić information content (AvgIpc) is 2.78. The predicted octanol–water partition coefficient (Wildman–Crippen LogP) is 2.10. The Balaban J connectivity index is 2.39. The molecule has 94 valence electrons. The molecule has 0 unspecified atom stereocenters. The molecule has 1 aromatic heterocycles. The van der Waals surface area contributed by atoms with E-state index in [1.54, 1.807) is 0 Å². The molecule has 0 spiro atoms. The molecule has 5 heteroatoms. The summed E-state index contributed by atoms with van der Waals surface area (Å²) in [5.74, 6) is -0.611. The second kappa shape index (κ2) is 5.01. The quantitative estimate of drug-likeness (QED) is 0.894. The number of benzene rings is 1. The summed E-state index contributed by atoms with van der Waals surface area (Å²) in [6, 6.07) is 9.15. The van der Waals surface area contributed by atoms with Gasteiger partial charge in [0.2, 0.25) is 0 Å². The first-order valence-corrected chi connectivity index (χ1v) is 5.51. The Morgan fingerprint density at radius 2 is 2.11 bits per heavy atom. The summed E-state index contributed by atoms with van der Waals surface area (Å²) in [6.07, 6.45) is 0. The van der Waals surface area contributed by atoms with Gasteiger partial charge < -0.3 is 14.5 Å². The maximum absolute atomic E-state index is 10.8. The Hall–Kier alpha value is -2.14. The molecule has 1 N–H and O–H groups in total. The lowest BCUT2D eigenvalue weighted by Gasteiger charge is -2.12. The van der Waals surface area contributed by atoms with Gasteiger partial charge in [0.05, 0.1) is 0 Å². The number of carbonyl (C=O) groups is 1. The highest BCUT2D eigenvalue weighted by Crippen LogP contribution is 2.25. The van der Waals surface area contributed by atoms with Crippen molar-refractivity contribution in [2.45, 2.75) is 6.54 Å². The Morgan fingerprint density at radius 1 is 1.39 bits per heavy atom. The molecule has 1 heterocycles. The molecule has 0 aliphatic carbocycles. The molecule has 2 rings (SSSR count). The second-order valence-electron chi connectivity index (χ2n) is 4.28. The fraction of sp³-hybridized carbons (Fsp3) is 0.231. The van der Waals surface area contributed by atoms with E-state index < -0.39 is 5.97 Å². The molecule has 0 bridgehead atoms. The monoisotopic (exact) mass is 246 g/mol. The highest BCUT2D eigenvalue weighted by atomic mass is 16.5. The normalized spacial score (nSPS) is 10.8. The van der Waals surface area contributed by atoms with E-state index in [2.05, 4.69) is 5.16 Å². The van der Waals surface area contributed by atoms with Crippen LogP contribution in [0.4, 0.5) is 0 Å². The van der Waals surface area contributed by atoms with Gasteiger partial charge in [0, 0.05) is 18.2 Å². The summed E-state index contributed by atoms with van der Waals surface area (Å²) in [5, 5.41) is 12.4. The van der Waals surface area contributed by atoms with E-state index in [4.69, 9.17) is 9.63 Å². The number of nitrogens with zero attached hydrogens (tertiary/aromatic N) is 2. The van der Waals surface area contributed by atoms with Crippen molar-refractivity contribution in [3.8, 4) is 11.3 Å². The van der Waals surface area contributed by atoms with E-state index >= 15 is 0 Å². The van der Waals surface area contributed by atoms with Gasteiger partial charge in [-0.15, -0.1) is 0 Å². The maximum Gasteiger partial charge on any atom is 0.358 e. The molecular weight excluding hydrogens is 232 g/mol. The standard InChI is InChI=1S/C13H14N2O3/c1-15(2)8-9-5-3-4-6-10(9)12-7-11(13(16)17)14-18-12/h3-7H,8H2,1-2H3,(H,16,17). The summed E-state index contributed by atoms with van der Waals surface area (Å²) in [4.78, 5) is 12.8. The third-order valence-corrected chi connectivity index (χ3v) is 2.50. The third-order valence-electron chi connectivity index (χ3n) is 2.50. The van der Waals surface area contributed by atoms with Gasteiger partial charge in [-0.1, -0.05) is 29.4 Å². The van der Waals surface area contributed by atoms with Crippen molar-refractivity contribution in [2.24, 2.45) is 0 Å². The lowest BCUT2D eigenvalue weighted by Crippen LogP contribution is -2.11. The minimum absolute atomic E-state index is 0.0790. The van der Waals surface area contributed by atoms with Crippen molar-refractivity contribution in [3.63, 3.8) is 0 Å². The number of rotatable bonds is 4. The first-order valence-electron chi connectivity index (χ1n) is 5.51. The average molecular weight is 246 g/mol. The molecule has 0 radical (unpaired) electrons. The Kier molecular flexibility index (Phi) is 3.43. The van der Waals surface area contributed by atoms with Gasteiger partial charge in [-0.05, 0) is 19.7 Å². The van der Waals surface area contributed by atoms with Crippen LogP contribution in [0.25, 0.3) is 11.3 Å². The lowest BCUT2D eigenvalue weighted by molar-refractivity contribution is 0.0686. The number of carboxylic acid groups (broad SMARTS) is 1. The number of hydrogen-bond acceptors (Lipinski definition) is 4. The zero-order valence-corrected chi connectivity index (χ0v) is 10.3. The van der Waals surface area contributed by atoms with Crippen molar-refractivity contribution < 1.29 is 14.4 Å². The number of carboxylic acids is 1. The highest BCUT2D eigenvalue weighted by Gasteiger charge is 2.14. The summed E-state index contributed by atoms with van der Waals surface area (Å²) in [7, 11) is 3.94. The number of aromatic nitrogens is 1. The Bertz CT molecular complexity index is 561. The van der Waals surface area contributed by atoms with Gasteiger partial charge in [0.15, 0.2) is 11.5 Å². The molecular formula is C13H14N2O3. The van der Waals surface area contributed by atoms with Crippen molar-refractivity contribution >= 4 is 5.97 Å². The minimum atomic E-state index is -1.09. The molecule has 18 heavy (non-hydrogen) atoms. The van der Waals surface area contributed by atoms with Crippen LogP contribution in [-0.4, -0.2) is 35.2 Å². The Labute approximate surface area is 105 Å². The van der Waals surface area contributed by atoms with Crippen LogP contribution in [0.5, 0.6) is 0 Å². The van der Waals surface area contributed by atoms with Crippen molar-refractivity contribution in [1.82, 2.24) is 10.1 Å². The van der Waals surface area contributed by atoms with E-state index in [1.165, 1.54) is 6.07 Å². The van der Waals surface area contributed by atoms with Crippen molar-refractivity contribution in [3.05, 3.63) is 41.6 Å². The summed E-state index contributed by atoms with van der Waals surface area (Å²) in [6.45, 7) is 0.749. The van der Waals surface area contributed by atoms with E-state index in [1.807, 2.05) is 43.3 Å². The fourth-order valence-electron chi connectivity index (χ4n) is 1.74. The van der Waals surface area contributed by atoms with Gasteiger partial charge in [-0.2, -0.15) is 0 Å². The smallest absolute Gasteiger partial charge is 0.358 e. The molecule has 0 aliphatic rings. The van der Waals surface area contributed by atoms with Crippen LogP contribution < -0.4 is 0 Å². The first-order chi connectivity index (χ1) is 8.58. The van der Waals surface area contributed by atoms with E-state index in [0.29, 0.717) is 5.76 Å². The molecule has 0 amide bonds. The molecule has 1 aromatic carbocycles. The topological polar surface area (TPSA) is 66.6 Å². The zero-order valence-electron chi connectivity index (χ0n) is 10.3. The van der Waals surface area contributed by atoms with E-state index in [-0.39, 0.29) is 5.69 Å². The number of hydrogen-bond donors (Lipinski definition) is 1. The zero-order chi connectivity index (χ0) is 13.1. The largest absolute Gasteiger partial charge is 0.476 e. The number of aromatic carboxylic acids is 1. The molecule has 0 saturated carbocycles. The van der Waals surface area contributed by atoms with Gasteiger partial charge in [-0.3, -0.25) is 0 Å². The molecule has 0 fully saturated rings. The second-order valence-corrected chi connectivity index (χ2v) is 4.28. The van der Waals surface area contributed by atoms with Crippen LogP contribution in [0.15, 0.2) is 34.9 Å². The van der Waals surface area contributed by atoms with Crippen LogP contribution >= 0.6 is 0 Å². The predicted molar refractivity (Wildman–Crippen MR) is 66.3 cm³/mol. The van der Waals surface area contributed by atoms with Gasteiger partial charge >= 0.3 is 5.97 Å². The van der Waals surface area contributed by atoms with Crippen LogP contribution in [-0.2, 0) is 6.54 Å². The van der Waals surface area contributed by atoms with Gasteiger partial charge in [0.1, 0.15) is 0 Å². The third kappa shape index (κ3) is 2.57. The van der Waals surface area contributed by atoms with Crippen LogP contribution in [0.3, 0.4) is 0 Å². The molecule has 2 aromatic rings.